The zero-order valence-electron chi connectivity index (χ0n) is 16.0. The molecule has 29 heavy (non-hydrogen) atoms. The van der Waals surface area contributed by atoms with Crippen LogP contribution in [0.25, 0.3) is 0 Å². The number of carbonyl (C=O) groups is 3. The van der Waals surface area contributed by atoms with Gasteiger partial charge in [0.2, 0.25) is 11.8 Å². The van der Waals surface area contributed by atoms with Crippen molar-refractivity contribution in [3.63, 3.8) is 0 Å². The molecule has 0 radical (unpaired) electrons. The molecule has 0 aliphatic rings. The second-order valence-electron chi connectivity index (χ2n) is 6.05. The standard InChI is InChI=1S/C21H23N3O4S/c1-2-28-18(26)14-13-17(25)22-21(29)24-23-20(27)19(15-9-5-3-6-10-15)16-11-7-4-8-12-16/h3-12,19H,2,13-14H2,1H3,(H,23,27)(H2,22,24,25,29). The van der Waals surface area contributed by atoms with Crippen molar-refractivity contribution in [2.45, 2.75) is 25.7 Å². The molecule has 0 saturated carbocycles. The van der Waals surface area contributed by atoms with E-state index < -0.39 is 17.8 Å². The van der Waals surface area contributed by atoms with Gasteiger partial charge in [-0.25, -0.2) is 0 Å². The van der Waals surface area contributed by atoms with E-state index in [1.807, 2.05) is 60.7 Å². The topological polar surface area (TPSA) is 96.5 Å². The van der Waals surface area contributed by atoms with Crippen molar-refractivity contribution in [1.29, 1.82) is 0 Å². The monoisotopic (exact) mass is 413 g/mol. The molecule has 0 aliphatic carbocycles. The molecular formula is C21H23N3O4S. The number of benzene rings is 2. The molecule has 2 rings (SSSR count). The quantitative estimate of drug-likeness (QED) is 0.366. The number of amides is 2. The lowest BCUT2D eigenvalue weighted by atomic mass is 9.91. The summed E-state index contributed by atoms with van der Waals surface area (Å²) in [6.45, 7) is 1.95. The van der Waals surface area contributed by atoms with Crippen molar-refractivity contribution in [1.82, 2.24) is 16.2 Å². The molecule has 7 nitrogen and oxygen atoms in total. The third-order valence-electron chi connectivity index (χ3n) is 3.94. The number of carbonyl (C=O) groups excluding carboxylic acids is 3. The molecule has 0 saturated heterocycles. The van der Waals surface area contributed by atoms with Gasteiger partial charge >= 0.3 is 5.97 Å². The summed E-state index contributed by atoms with van der Waals surface area (Å²) >= 11 is 5.03. The number of nitrogens with one attached hydrogen (secondary N) is 3. The second kappa shape index (κ2) is 11.6. The SMILES string of the molecule is CCOC(=O)CCC(=O)NC(=S)NNC(=O)C(c1ccccc1)c1ccccc1. The van der Waals surface area contributed by atoms with E-state index >= 15 is 0 Å². The van der Waals surface area contributed by atoms with Crippen LogP contribution in [-0.2, 0) is 19.1 Å². The van der Waals surface area contributed by atoms with E-state index in [0.29, 0.717) is 0 Å². The lowest BCUT2D eigenvalue weighted by Crippen LogP contribution is -2.49. The Bertz CT molecular complexity index is 804. The first-order valence-corrected chi connectivity index (χ1v) is 9.57. The molecule has 0 fully saturated rings. The molecule has 0 bridgehead atoms. The van der Waals surface area contributed by atoms with Gasteiger partial charge in [-0.15, -0.1) is 0 Å². The Kier molecular flexibility index (Phi) is 8.78. The van der Waals surface area contributed by atoms with Gasteiger partial charge in [-0.05, 0) is 30.3 Å². The van der Waals surface area contributed by atoms with Crippen LogP contribution in [0.3, 0.4) is 0 Å². The van der Waals surface area contributed by atoms with E-state index in [4.69, 9.17) is 17.0 Å². The lowest BCUT2D eigenvalue weighted by molar-refractivity contribution is -0.144. The van der Waals surface area contributed by atoms with Crippen molar-refractivity contribution in [3.05, 3.63) is 71.8 Å². The molecule has 0 aromatic heterocycles. The van der Waals surface area contributed by atoms with Gasteiger partial charge in [0.05, 0.1) is 18.9 Å². The zero-order valence-corrected chi connectivity index (χ0v) is 16.8. The van der Waals surface area contributed by atoms with Crippen LogP contribution >= 0.6 is 12.2 Å². The minimum atomic E-state index is -0.549. The van der Waals surface area contributed by atoms with Crippen LogP contribution in [0.2, 0.25) is 0 Å². The normalized spacial score (nSPS) is 10.1. The maximum atomic E-state index is 12.8. The van der Waals surface area contributed by atoms with Crippen molar-refractivity contribution < 1.29 is 19.1 Å². The maximum Gasteiger partial charge on any atom is 0.306 e. The predicted molar refractivity (Wildman–Crippen MR) is 113 cm³/mol. The van der Waals surface area contributed by atoms with Gasteiger partial charge in [0.1, 0.15) is 0 Å². The molecule has 8 heteroatoms. The molecule has 3 N–H and O–H groups in total. The predicted octanol–water partition coefficient (Wildman–Crippen LogP) is 2.18. The average Bonchev–Trinajstić information content (AvgIpc) is 2.73. The summed E-state index contributed by atoms with van der Waals surface area (Å²) in [5.74, 6) is -1.78. The number of hydrazine groups is 1. The van der Waals surface area contributed by atoms with Crippen LogP contribution < -0.4 is 16.2 Å². The summed E-state index contributed by atoms with van der Waals surface area (Å²) in [6, 6.07) is 18.7. The van der Waals surface area contributed by atoms with Gasteiger partial charge in [0.15, 0.2) is 5.11 Å². The fourth-order valence-electron chi connectivity index (χ4n) is 2.65. The Morgan fingerprint density at radius 2 is 1.45 bits per heavy atom. The molecule has 2 aromatic rings. The minimum absolute atomic E-state index is 0.0429. The Labute approximate surface area is 174 Å². The Hall–Kier alpha value is -3.26. The van der Waals surface area contributed by atoms with E-state index in [0.717, 1.165) is 11.1 Å². The van der Waals surface area contributed by atoms with Gasteiger partial charge < -0.3 is 10.1 Å². The lowest BCUT2D eigenvalue weighted by Gasteiger charge is -2.19. The number of hydrogen-bond donors (Lipinski definition) is 3. The molecule has 2 aromatic carbocycles. The van der Waals surface area contributed by atoms with Gasteiger partial charge in [0.25, 0.3) is 0 Å². The van der Waals surface area contributed by atoms with Gasteiger partial charge in [-0.2, -0.15) is 0 Å². The van der Waals surface area contributed by atoms with E-state index in [2.05, 4.69) is 16.2 Å². The van der Waals surface area contributed by atoms with Crippen LogP contribution in [0.4, 0.5) is 0 Å². The summed E-state index contributed by atoms with van der Waals surface area (Å²) in [5.41, 5.74) is 6.71. The molecule has 0 heterocycles. The van der Waals surface area contributed by atoms with Crippen LogP contribution in [0, 0.1) is 0 Å². The molecule has 2 amide bonds. The van der Waals surface area contributed by atoms with Gasteiger partial charge in [0, 0.05) is 6.42 Å². The Morgan fingerprint density at radius 3 is 1.97 bits per heavy atom. The van der Waals surface area contributed by atoms with E-state index in [9.17, 15) is 14.4 Å². The van der Waals surface area contributed by atoms with Crippen molar-refractivity contribution >= 4 is 35.1 Å². The average molecular weight is 413 g/mol. The maximum absolute atomic E-state index is 12.8. The molecule has 0 aliphatic heterocycles. The van der Waals surface area contributed by atoms with E-state index in [1.165, 1.54) is 0 Å². The highest BCUT2D eigenvalue weighted by molar-refractivity contribution is 7.80. The Morgan fingerprint density at radius 1 is 0.897 bits per heavy atom. The summed E-state index contributed by atoms with van der Waals surface area (Å²) in [5, 5.41) is 2.35. The van der Waals surface area contributed by atoms with Crippen LogP contribution in [0.15, 0.2) is 60.7 Å². The first kappa shape index (κ1) is 22.0. The van der Waals surface area contributed by atoms with E-state index in [-0.39, 0.29) is 30.5 Å². The summed E-state index contributed by atoms with van der Waals surface area (Å²) in [4.78, 5) is 35.9. The van der Waals surface area contributed by atoms with Gasteiger partial charge in [-0.1, -0.05) is 60.7 Å². The van der Waals surface area contributed by atoms with Crippen molar-refractivity contribution in [3.8, 4) is 0 Å². The molecule has 0 unspecified atom stereocenters. The summed E-state index contributed by atoms with van der Waals surface area (Å²) < 4.78 is 4.76. The largest absolute Gasteiger partial charge is 0.466 e. The summed E-state index contributed by atoms with van der Waals surface area (Å²) in [6.07, 6.45) is -0.107. The Balaban J connectivity index is 1.92. The van der Waals surface area contributed by atoms with Crippen LogP contribution in [-0.4, -0.2) is 29.5 Å². The minimum Gasteiger partial charge on any atom is -0.466 e. The molecule has 0 spiro atoms. The number of esters is 1. The van der Waals surface area contributed by atoms with E-state index in [1.54, 1.807) is 6.92 Å². The molecule has 0 atom stereocenters. The number of rotatable bonds is 7. The smallest absolute Gasteiger partial charge is 0.306 e. The highest BCUT2D eigenvalue weighted by Crippen LogP contribution is 2.24. The second-order valence-corrected chi connectivity index (χ2v) is 6.46. The highest BCUT2D eigenvalue weighted by Gasteiger charge is 2.22. The number of hydrogen-bond acceptors (Lipinski definition) is 5. The number of ether oxygens (including phenoxy) is 1. The fourth-order valence-corrected chi connectivity index (χ4v) is 2.81. The van der Waals surface area contributed by atoms with Crippen molar-refractivity contribution in [2.24, 2.45) is 0 Å². The third-order valence-corrected chi connectivity index (χ3v) is 4.15. The van der Waals surface area contributed by atoms with Crippen LogP contribution in [0.1, 0.15) is 36.8 Å². The van der Waals surface area contributed by atoms with Gasteiger partial charge in [-0.3, -0.25) is 25.2 Å². The number of thiocarbonyl (C=S) groups is 1. The molecule has 152 valence electrons. The molecular weight excluding hydrogens is 390 g/mol. The highest BCUT2D eigenvalue weighted by atomic mass is 32.1. The zero-order chi connectivity index (χ0) is 21.1. The summed E-state index contributed by atoms with van der Waals surface area (Å²) in [7, 11) is 0. The van der Waals surface area contributed by atoms with Crippen molar-refractivity contribution in [2.75, 3.05) is 6.61 Å². The first-order chi connectivity index (χ1) is 14.0. The fraction of sp³-hybridized carbons (Fsp3) is 0.238. The third kappa shape index (κ3) is 7.34. The first-order valence-electron chi connectivity index (χ1n) is 9.16. The van der Waals surface area contributed by atoms with Crippen LogP contribution in [0.5, 0.6) is 0 Å².